The topological polar surface area (TPSA) is 42.7 Å². The van der Waals surface area contributed by atoms with E-state index in [1.54, 1.807) is 6.33 Å². The third kappa shape index (κ3) is 3.05. The second-order valence-electron chi connectivity index (χ2n) is 6.51. The molecule has 126 valence electrons. The zero-order valence-corrected chi connectivity index (χ0v) is 14.9. The summed E-state index contributed by atoms with van der Waals surface area (Å²) in [5.74, 6) is 1.26. The van der Waals surface area contributed by atoms with Gasteiger partial charge in [-0.25, -0.2) is 4.68 Å². The zero-order valence-electron chi connectivity index (χ0n) is 14.1. The molecule has 1 N–H and O–H groups in total. The van der Waals surface area contributed by atoms with Gasteiger partial charge in [-0.1, -0.05) is 61.8 Å². The maximum absolute atomic E-state index is 6.01. The Bertz CT molecular complexity index is 908. The molecular weight excluding hydrogens is 332 g/mol. The van der Waals surface area contributed by atoms with Gasteiger partial charge in [0.1, 0.15) is 12.4 Å². The van der Waals surface area contributed by atoms with Crippen molar-refractivity contribution in [2.24, 2.45) is 0 Å². The maximum atomic E-state index is 6.01. The predicted molar refractivity (Wildman–Crippen MR) is 102 cm³/mol. The van der Waals surface area contributed by atoms with Crippen LogP contribution in [0.1, 0.15) is 42.5 Å². The highest BCUT2D eigenvalue weighted by Crippen LogP contribution is 2.32. The minimum Gasteiger partial charge on any atom is -0.324 e. The molecule has 1 aliphatic heterocycles. The van der Waals surface area contributed by atoms with Crippen molar-refractivity contribution < 1.29 is 0 Å². The Morgan fingerprint density at radius 3 is 2.44 bits per heavy atom. The highest BCUT2D eigenvalue weighted by atomic mass is 35.5. The van der Waals surface area contributed by atoms with Gasteiger partial charge in [-0.05, 0) is 40.8 Å². The fraction of sp³-hybridized carbons (Fsp3) is 0.200. The number of nitrogens with zero attached hydrogens (tertiary/aromatic N) is 3. The van der Waals surface area contributed by atoms with E-state index in [9.17, 15) is 0 Å². The van der Waals surface area contributed by atoms with Gasteiger partial charge in [0.05, 0.1) is 0 Å². The molecule has 3 aromatic rings. The highest BCUT2D eigenvalue weighted by Gasteiger charge is 2.23. The Morgan fingerprint density at radius 2 is 1.76 bits per heavy atom. The predicted octanol–water partition coefficient (Wildman–Crippen LogP) is 5.11. The first kappa shape index (κ1) is 15.9. The number of nitrogens with one attached hydrogen (secondary N) is 1. The molecule has 0 radical (unpaired) electrons. The summed E-state index contributed by atoms with van der Waals surface area (Å²) in [6.45, 7) is 4.40. The smallest absolute Gasteiger partial charge is 0.226 e. The van der Waals surface area contributed by atoms with Crippen molar-refractivity contribution in [2.45, 2.75) is 25.8 Å². The lowest BCUT2D eigenvalue weighted by atomic mass is 9.97. The second-order valence-corrected chi connectivity index (χ2v) is 6.94. The number of hydrogen-bond donors (Lipinski definition) is 1. The van der Waals surface area contributed by atoms with Crippen LogP contribution >= 0.6 is 11.6 Å². The van der Waals surface area contributed by atoms with Crippen molar-refractivity contribution in [3.05, 3.63) is 82.6 Å². The Kier molecular flexibility index (Phi) is 4.06. The van der Waals surface area contributed by atoms with E-state index in [2.05, 4.69) is 59.6 Å². The van der Waals surface area contributed by atoms with E-state index in [4.69, 9.17) is 11.6 Å². The summed E-state index contributed by atoms with van der Waals surface area (Å²) in [4.78, 5) is 4.35. The van der Waals surface area contributed by atoms with Crippen LogP contribution in [0.5, 0.6) is 0 Å². The molecule has 25 heavy (non-hydrogen) atoms. The third-order valence-corrected chi connectivity index (χ3v) is 4.76. The summed E-state index contributed by atoms with van der Waals surface area (Å²) < 4.78 is 1.91. The molecule has 4 nitrogen and oxygen atoms in total. The largest absolute Gasteiger partial charge is 0.324 e. The molecule has 2 aromatic carbocycles. The number of hydrogen-bond acceptors (Lipinski definition) is 3. The summed E-state index contributed by atoms with van der Waals surface area (Å²) in [6, 6.07) is 16.5. The molecule has 4 rings (SSSR count). The molecule has 1 aromatic heterocycles. The van der Waals surface area contributed by atoms with Crippen LogP contribution in [0.2, 0.25) is 5.02 Å². The van der Waals surface area contributed by atoms with Gasteiger partial charge in [0.25, 0.3) is 0 Å². The fourth-order valence-electron chi connectivity index (χ4n) is 3.05. The average Bonchev–Trinajstić information content (AvgIpc) is 3.10. The highest BCUT2D eigenvalue weighted by molar-refractivity contribution is 6.30. The number of halogens is 1. The van der Waals surface area contributed by atoms with Crippen LogP contribution in [0.15, 0.2) is 60.9 Å². The van der Waals surface area contributed by atoms with E-state index in [0.717, 1.165) is 22.2 Å². The molecule has 5 heteroatoms. The molecular formula is C20H19ClN4. The molecule has 0 aliphatic carbocycles. The molecule has 0 fully saturated rings. The molecule has 0 spiro atoms. The van der Waals surface area contributed by atoms with E-state index in [0.29, 0.717) is 5.92 Å². The minimum atomic E-state index is 0.00522. The van der Waals surface area contributed by atoms with Gasteiger partial charge < -0.3 is 5.32 Å². The van der Waals surface area contributed by atoms with Gasteiger partial charge in [0.2, 0.25) is 5.95 Å². The van der Waals surface area contributed by atoms with Crippen molar-refractivity contribution in [1.82, 2.24) is 14.8 Å². The number of aromatic nitrogens is 3. The number of benzene rings is 2. The van der Waals surface area contributed by atoms with Crippen molar-refractivity contribution in [3.63, 3.8) is 0 Å². The van der Waals surface area contributed by atoms with Gasteiger partial charge in [0.15, 0.2) is 0 Å². The zero-order chi connectivity index (χ0) is 17.4. The van der Waals surface area contributed by atoms with Gasteiger partial charge in [-0.3, -0.25) is 0 Å². The minimum absolute atomic E-state index is 0.00522. The van der Waals surface area contributed by atoms with Crippen LogP contribution in [0.3, 0.4) is 0 Å². The first-order valence-corrected chi connectivity index (χ1v) is 8.74. The Labute approximate surface area is 152 Å². The number of anilines is 1. The van der Waals surface area contributed by atoms with Crippen molar-refractivity contribution >= 4 is 23.2 Å². The summed E-state index contributed by atoms with van der Waals surface area (Å²) in [6.07, 6.45) is 3.76. The first-order valence-electron chi connectivity index (χ1n) is 8.36. The van der Waals surface area contributed by atoms with Crippen molar-refractivity contribution in [1.29, 1.82) is 0 Å². The molecule has 2 heterocycles. The Balaban J connectivity index is 1.75. The molecule has 0 unspecified atom stereocenters. The first-order chi connectivity index (χ1) is 12.1. The number of allylic oxidation sites excluding steroid dienone is 1. The van der Waals surface area contributed by atoms with E-state index >= 15 is 0 Å². The third-order valence-electron chi connectivity index (χ3n) is 4.51. The van der Waals surface area contributed by atoms with E-state index in [1.165, 1.54) is 11.1 Å². The summed E-state index contributed by atoms with van der Waals surface area (Å²) in [7, 11) is 0. The lowest BCUT2D eigenvalue weighted by Gasteiger charge is -2.24. The van der Waals surface area contributed by atoms with Gasteiger partial charge in [0, 0.05) is 10.7 Å². The van der Waals surface area contributed by atoms with E-state index in [1.807, 2.05) is 28.9 Å². The summed E-state index contributed by atoms with van der Waals surface area (Å²) >= 11 is 6.01. The Morgan fingerprint density at radius 1 is 1.04 bits per heavy atom. The molecule has 1 atom stereocenters. The monoisotopic (exact) mass is 350 g/mol. The summed E-state index contributed by atoms with van der Waals surface area (Å²) in [5.41, 5.74) is 4.60. The van der Waals surface area contributed by atoms with Crippen molar-refractivity contribution in [3.8, 4) is 0 Å². The van der Waals surface area contributed by atoms with Gasteiger partial charge >= 0.3 is 0 Å². The molecule has 0 saturated carbocycles. The van der Waals surface area contributed by atoms with E-state index in [-0.39, 0.29) is 6.04 Å². The van der Waals surface area contributed by atoms with Gasteiger partial charge in [-0.2, -0.15) is 10.1 Å². The van der Waals surface area contributed by atoms with Crippen LogP contribution in [-0.4, -0.2) is 14.8 Å². The standard InChI is InChI=1S/C20H19ClN4/c1-13(2)14-3-5-16(6-4-14)19-11-18(15-7-9-17(21)10-8-15)24-20-22-12-23-25(19)20/h3-13,19H,1-2H3,(H,22,23,24)/t19-/m0/s1. The van der Waals surface area contributed by atoms with Crippen LogP contribution < -0.4 is 5.32 Å². The van der Waals surface area contributed by atoms with Crippen molar-refractivity contribution in [2.75, 3.05) is 5.32 Å². The van der Waals surface area contributed by atoms with E-state index < -0.39 is 0 Å². The second kappa shape index (κ2) is 6.37. The molecule has 0 bridgehead atoms. The SMILES string of the molecule is CC(C)c1ccc([C@@H]2C=C(c3ccc(Cl)cc3)Nc3ncnn32)cc1. The number of fused-ring (bicyclic) bond motifs is 1. The van der Waals surface area contributed by atoms with Crippen LogP contribution in [0, 0.1) is 0 Å². The molecule has 0 amide bonds. The fourth-order valence-corrected chi connectivity index (χ4v) is 3.17. The Hall–Kier alpha value is -2.59. The average molecular weight is 351 g/mol. The number of rotatable bonds is 3. The van der Waals surface area contributed by atoms with Crippen LogP contribution in [-0.2, 0) is 0 Å². The maximum Gasteiger partial charge on any atom is 0.226 e. The normalized spacial score (nSPS) is 16.3. The van der Waals surface area contributed by atoms with Gasteiger partial charge in [-0.15, -0.1) is 0 Å². The quantitative estimate of drug-likeness (QED) is 0.713. The molecule has 0 saturated heterocycles. The molecule has 1 aliphatic rings. The van der Waals surface area contributed by atoms with Crippen LogP contribution in [0.25, 0.3) is 5.70 Å². The lowest BCUT2D eigenvalue weighted by molar-refractivity contribution is 0.611. The van der Waals surface area contributed by atoms with Crippen LogP contribution in [0.4, 0.5) is 5.95 Å². The lowest BCUT2D eigenvalue weighted by Crippen LogP contribution is -2.20. The summed E-state index contributed by atoms with van der Waals surface area (Å²) in [5, 5.41) is 8.47.